The molecule has 0 heterocycles. The van der Waals surface area contributed by atoms with E-state index in [0.717, 1.165) is 0 Å². The van der Waals surface area contributed by atoms with Gasteiger partial charge in [-0.2, -0.15) is 0 Å². The number of aliphatic hydroxyl groups is 2. The lowest BCUT2D eigenvalue weighted by molar-refractivity contribution is -0.0398. The van der Waals surface area contributed by atoms with Gasteiger partial charge in [-0.05, 0) is 6.92 Å². The van der Waals surface area contributed by atoms with Crippen molar-refractivity contribution in [2.75, 3.05) is 19.8 Å². The number of rotatable bonds is 6. The van der Waals surface area contributed by atoms with E-state index < -0.39 is 12.2 Å². The van der Waals surface area contributed by atoms with Gasteiger partial charge in [0.15, 0.2) is 0 Å². The molecule has 4 nitrogen and oxygen atoms in total. The fourth-order valence-corrected chi connectivity index (χ4v) is 0.908. The third kappa shape index (κ3) is 5.21. The number of ether oxygens (including phenoxy) is 1. The maximum absolute atomic E-state index is 9.48. The van der Waals surface area contributed by atoms with Crippen molar-refractivity contribution in [3.8, 4) is 0 Å². The zero-order valence-corrected chi connectivity index (χ0v) is 8.66. The second kappa shape index (κ2) is 5.54. The monoisotopic (exact) mass is 191 g/mol. The summed E-state index contributed by atoms with van der Waals surface area (Å²) in [5.41, 5.74) is 4.98. The van der Waals surface area contributed by atoms with Gasteiger partial charge in [-0.3, -0.25) is 0 Å². The predicted molar refractivity (Wildman–Crippen MR) is 51.3 cm³/mol. The normalized spacial score (nSPS) is 17.1. The molecule has 0 aromatic heterocycles. The van der Waals surface area contributed by atoms with E-state index in [2.05, 4.69) is 0 Å². The van der Waals surface area contributed by atoms with Gasteiger partial charge in [0.1, 0.15) is 0 Å². The van der Waals surface area contributed by atoms with Crippen molar-refractivity contribution < 1.29 is 14.9 Å². The zero-order chi connectivity index (χ0) is 10.5. The maximum atomic E-state index is 9.48. The van der Waals surface area contributed by atoms with Gasteiger partial charge in [0.05, 0.1) is 25.4 Å². The van der Waals surface area contributed by atoms with Crippen LogP contribution >= 0.6 is 0 Å². The van der Waals surface area contributed by atoms with Crippen molar-refractivity contribution in [3.63, 3.8) is 0 Å². The zero-order valence-electron chi connectivity index (χ0n) is 8.66. The molecular weight excluding hydrogens is 170 g/mol. The Balaban J connectivity index is 3.75. The van der Waals surface area contributed by atoms with Gasteiger partial charge in [-0.25, -0.2) is 0 Å². The second-order valence-electron chi connectivity index (χ2n) is 4.10. The summed E-state index contributed by atoms with van der Waals surface area (Å²) < 4.78 is 5.22. The summed E-state index contributed by atoms with van der Waals surface area (Å²) in [4.78, 5) is 0. The molecule has 0 aliphatic heterocycles. The lowest BCUT2D eigenvalue weighted by Gasteiger charge is -2.29. The van der Waals surface area contributed by atoms with Gasteiger partial charge in [0, 0.05) is 12.0 Å². The first-order valence-corrected chi connectivity index (χ1v) is 4.54. The van der Waals surface area contributed by atoms with Gasteiger partial charge in [0.25, 0.3) is 0 Å². The molecule has 2 unspecified atom stereocenters. The van der Waals surface area contributed by atoms with Crippen LogP contribution in [0.1, 0.15) is 20.8 Å². The van der Waals surface area contributed by atoms with E-state index in [0.29, 0.717) is 13.2 Å². The fraction of sp³-hybridized carbons (Fsp3) is 1.00. The molecule has 0 aromatic rings. The Morgan fingerprint density at radius 3 is 2.31 bits per heavy atom. The second-order valence-corrected chi connectivity index (χ2v) is 4.10. The number of hydrogen-bond acceptors (Lipinski definition) is 4. The standard InChI is InChI=1S/C9H21NO3/c1-7(11)5-13-6-9(2,3)8(12)4-10/h7-8,11-12H,4-6,10H2,1-3H3. The average Bonchev–Trinajstić information content (AvgIpc) is 2.01. The topological polar surface area (TPSA) is 75.7 Å². The quantitative estimate of drug-likeness (QED) is 0.540. The lowest BCUT2D eigenvalue weighted by atomic mass is 9.87. The highest BCUT2D eigenvalue weighted by molar-refractivity contribution is 4.77. The molecule has 0 radical (unpaired) electrons. The Bertz CT molecular complexity index is 137. The molecule has 80 valence electrons. The molecule has 0 aromatic carbocycles. The highest BCUT2D eigenvalue weighted by atomic mass is 16.5. The summed E-state index contributed by atoms with van der Waals surface area (Å²) in [6, 6.07) is 0. The highest BCUT2D eigenvalue weighted by Gasteiger charge is 2.26. The van der Waals surface area contributed by atoms with E-state index >= 15 is 0 Å². The van der Waals surface area contributed by atoms with E-state index in [1.165, 1.54) is 0 Å². The van der Waals surface area contributed by atoms with Crippen LogP contribution in [-0.4, -0.2) is 42.2 Å². The Kier molecular flexibility index (Phi) is 5.48. The van der Waals surface area contributed by atoms with Crippen LogP contribution in [0.5, 0.6) is 0 Å². The minimum absolute atomic E-state index is 0.227. The van der Waals surface area contributed by atoms with Crippen LogP contribution in [0.4, 0.5) is 0 Å². The summed E-state index contributed by atoms with van der Waals surface area (Å²) in [6.07, 6.45) is -1.03. The van der Waals surface area contributed by atoms with E-state index in [4.69, 9.17) is 15.6 Å². The maximum Gasteiger partial charge on any atom is 0.0745 e. The van der Waals surface area contributed by atoms with E-state index in [9.17, 15) is 5.11 Å². The number of nitrogens with two attached hydrogens (primary N) is 1. The van der Waals surface area contributed by atoms with Gasteiger partial charge in [0.2, 0.25) is 0 Å². The first-order valence-electron chi connectivity index (χ1n) is 4.54. The summed E-state index contributed by atoms with van der Waals surface area (Å²) in [6.45, 7) is 6.34. The van der Waals surface area contributed by atoms with Crippen LogP contribution in [-0.2, 0) is 4.74 Å². The van der Waals surface area contributed by atoms with Crippen molar-refractivity contribution >= 4 is 0 Å². The first kappa shape index (κ1) is 12.8. The minimum atomic E-state index is -0.568. The van der Waals surface area contributed by atoms with Crippen LogP contribution in [0.25, 0.3) is 0 Å². The van der Waals surface area contributed by atoms with E-state index in [1.54, 1.807) is 6.92 Å². The molecule has 0 spiro atoms. The third-order valence-electron chi connectivity index (χ3n) is 1.96. The van der Waals surface area contributed by atoms with Gasteiger partial charge >= 0.3 is 0 Å². The van der Waals surface area contributed by atoms with Crippen LogP contribution in [0, 0.1) is 5.41 Å². The van der Waals surface area contributed by atoms with Crippen molar-refractivity contribution in [1.82, 2.24) is 0 Å². The average molecular weight is 191 g/mol. The van der Waals surface area contributed by atoms with Crippen LogP contribution in [0.2, 0.25) is 0 Å². The third-order valence-corrected chi connectivity index (χ3v) is 1.96. The molecule has 0 rings (SSSR count). The van der Waals surface area contributed by atoms with Crippen LogP contribution in [0.15, 0.2) is 0 Å². The molecule has 0 saturated heterocycles. The summed E-state index contributed by atoms with van der Waals surface area (Å²) in [5.74, 6) is 0. The van der Waals surface area contributed by atoms with E-state index in [-0.39, 0.29) is 12.0 Å². The Morgan fingerprint density at radius 2 is 1.92 bits per heavy atom. The van der Waals surface area contributed by atoms with Crippen molar-refractivity contribution in [2.45, 2.75) is 33.0 Å². The van der Waals surface area contributed by atoms with Gasteiger partial charge in [-0.1, -0.05) is 13.8 Å². The van der Waals surface area contributed by atoms with Crippen molar-refractivity contribution in [2.24, 2.45) is 11.1 Å². The predicted octanol–water partition coefficient (Wildman–Crippen LogP) is -0.270. The summed E-state index contributed by atoms with van der Waals surface area (Å²) in [5, 5.41) is 18.4. The largest absolute Gasteiger partial charge is 0.391 e. The molecule has 0 aliphatic rings. The molecule has 2 atom stereocenters. The number of aliphatic hydroxyl groups excluding tert-OH is 2. The van der Waals surface area contributed by atoms with Gasteiger partial charge < -0.3 is 20.7 Å². The highest BCUT2D eigenvalue weighted by Crippen LogP contribution is 2.20. The summed E-state index contributed by atoms with van der Waals surface area (Å²) in [7, 11) is 0. The molecule has 4 heteroatoms. The smallest absolute Gasteiger partial charge is 0.0745 e. The SMILES string of the molecule is CC(O)COCC(C)(C)C(O)CN. The Morgan fingerprint density at radius 1 is 1.38 bits per heavy atom. The lowest BCUT2D eigenvalue weighted by Crippen LogP contribution is -2.39. The van der Waals surface area contributed by atoms with E-state index in [1.807, 2.05) is 13.8 Å². The molecule has 0 amide bonds. The molecule has 4 N–H and O–H groups in total. The molecular formula is C9H21NO3. The van der Waals surface area contributed by atoms with Gasteiger partial charge in [-0.15, -0.1) is 0 Å². The number of hydrogen-bond donors (Lipinski definition) is 3. The molecule has 0 aliphatic carbocycles. The van der Waals surface area contributed by atoms with Crippen molar-refractivity contribution in [1.29, 1.82) is 0 Å². The first-order chi connectivity index (χ1) is 5.90. The molecule has 0 fully saturated rings. The Labute approximate surface area is 79.7 Å². The molecule has 0 bridgehead atoms. The molecule has 0 saturated carbocycles. The molecule has 13 heavy (non-hydrogen) atoms. The van der Waals surface area contributed by atoms with Crippen LogP contribution < -0.4 is 5.73 Å². The Hall–Kier alpha value is -0.160. The minimum Gasteiger partial charge on any atom is -0.391 e. The van der Waals surface area contributed by atoms with Crippen molar-refractivity contribution in [3.05, 3.63) is 0 Å². The van der Waals surface area contributed by atoms with Crippen LogP contribution in [0.3, 0.4) is 0 Å². The summed E-state index contributed by atoms with van der Waals surface area (Å²) >= 11 is 0. The fourth-order valence-electron chi connectivity index (χ4n) is 0.908.